The van der Waals surface area contributed by atoms with Crippen molar-refractivity contribution >= 4 is 23.8 Å². The minimum Gasteiger partial charge on any atom is -0.452 e. The number of alkyl halides is 3. The number of carbonyl (C=O) groups is 2. The van der Waals surface area contributed by atoms with E-state index in [1.807, 2.05) is 0 Å². The highest BCUT2D eigenvalue weighted by Crippen LogP contribution is 2.31. The van der Waals surface area contributed by atoms with Gasteiger partial charge in [-0.2, -0.15) is 23.3 Å². The van der Waals surface area contributed by atoms with Crippen molar-refractivity contribution in [3.05, 3.63) is 101 Å². The summed E-state index contributed by atoms with van der Waals surface area (Å²) in [7, 11) is 0. The van der Waals surface area contributed by atoms with E-state index in [9.17, 15) is 22.8 Å². The molecule has 0 N–H and O–H groups in total. The molecule has 0 radical (unpaired) electrons. The molecule has 0 saturated carbocycles. The molecule has 3 rings (SSSR count). The number of hydrogen-bond acceptors (Lipinski definition) is 4. The second kappa shape index (κ2) is 9.91. The first-order valence-electron chi connectivity index (χ1n) is 9.58. The molecule has 0 atom stereocenters. The Morgan fingerprint density at radius 1 is 0.969 bits per heavy atom. The van der Waals surface area contributed by atoms with Gasteiger partial charge in [-0.15, -0.1) is 0 Å². The van der Waals surface area contributed by atoms with Gasteiger partial charge in [0.2, 0.25) is 0 Å². The number of aryl methyl sites for hydroxylation is 1. The molecular weight excluding hydrogens is 421 g/mol. The molecule has 0 unspecified atom stereocenters. The molecule has 32 heavy (non-hydrogen) atoms. The smallest absolute Gasteiger partial charge is 0.416 e. The van der Waals surface area contributed by atoms with Crippen LogP contribution in [0, 0.1) is 6.92 Å². The number of hydrazone groups is 1. The fourth-order valence-electron chi connectivity index (χ4n) is 2.82. The number of benzene rings is 3. The fourth-order valence-corrected chi connectivity index (χ4v) is 2.82. The normalized spacial score (nSPS) is 11.4. The Bertz CT molecular complexity index is 1130. The molecule has 0 spiro atoms. The quantitative estimate of drug-likeness (QED) is 0.299. The number of amides is 1. The number of halogens is 3. The topological polar surface area (TPSA) is 59.0 Å². The molecular formula is C24H19F3N2O3. The van der Waals surface area contributed by atoms with E-state index in [1.54, 1.807) is 61.5 Å². The van der Waals surface area contributed by atoms with Crippen LogP contribution in [0.1, 0.15) is 27.0 Å². The predicted octanol–water partition coefficient (Wildman–Crippen LogP) is 5.24. The highest BCUT2D eigenvalue weighted by atomic mass is 19.4. The highest BCUT2D eigenvalue weighted by Gasteiger charge is 2.31. The van der Waals surface area contributed by atoms with Crippen LogP contribution in [0.2, 0.25) is 0 Å². The van der Waals surface area contributed by atoms with Crippen LogP contribution in [0.5, 0.6) is 0 Å². The van der Waals surface area contributed by atoms with Crippen LogP contribution in [0.4, 0.5) is 18.9 Å². The molecule has 0 heterocycles. The van der Waals surface area contributed by atoms with Gasteiger partial charge in [0, 0.05) is 0 Å². The van der Waals surface area contributed by atoms with Gasteiger partial charge in [0.1, 0.15) is 0 Å². The van der Waals surface area contributed by atoms with Crippen molar-refractivity contribution < 1.29 is 27.5 Å². The van der Waals surface area contributed by atoms with Crippen LogP contribution >= 0.6 is 0 Å². The Labute approximate surface area is 182 Å². The zero-order valence-electron chi connectivity index (χ0n) is 17.0. The summed E-state index contributed by atoms with van der Waals surface area (Å²) >= 11 is 0. The number of anilines is 1. The Balaban J connectivity index is 1.85. The molecule has 3 aromatic rings. The summed E-state index contributed by atoms with van der Waals surface area (Å²) in [6.07, 6.45) is -3.26. The lowest BCUT2D eigenvalue weighted by molar-refractivity contribution is -0.137. The van der Waals surface area contributed by atoms with Crippen LogP contribution in [0.15, 0.2) is 84.0 Å². The van der Waals surface area contributed by atoms with E-state index in [0.29, 0.717) is 16.7 Å². The van der Waals surface area contributed by atoms with Crippen LogP contribution in [0.25, 0.3) is 0 Å². The summed E-state index contributed by atoms with van der Waals surface area (Å²) in [5.41, 5.74) is 0.554. The third-order valence-corrected chi connectivity index (χ3v) is 4.47. The molecule has 0 aliphatic heterocycles. The van der Waals surface area contributed by atoms with Gasteiger partial charge < -0.3 is 4.74 Å². The second-order valence-electron chi connectivity index (χ2n) is 6.80. The van der Waals surface area contributed by atoms with Crippen LogP contribution in [-0.2, 0) is 15.7 Å². The first-order chi connectivity index (χ1) is 15.3. The molecule has 3 aromatic carbocycles. The first-order valence-corrected chi connectivity index (χ1v) is 9.58. The second-order valence-corrected chi connectivity index (χ2v) is 6.80. The summed E-state index contributed by atoms with van der Waals surface area (Å²) in [6, 6.07) is 19.6. The average molecular weight is 440 g/mol. The van der Waals surface area contributed by atoms with Crippen molar-refractivity contribution in [1.29, 1.82) is 0 Å². The SMILES string of the molecule is Cc1ccccc1C(=O)OCC(=O)N(N=Cc1ccccc1)c1cccc(C(F)(F)F)c1. The largest absolute Gasteiger partial charge is 0.452 e. The first kappa shape index (κ1) is 22.7. The molecule has 8 heteroatoms. The number of carbonyl (C=O) groups excluding carboxylic acids is 2. The third kappa shape index (κ3) is 5.81. The van der Waals surface area contributed by atoms with E-state index < -0.39 is 30.2 Å². The van der Waals surface area contributed by atoms with E-state index in [0.717, 1.165) is 17.1 Å². The average Bonchev–Trinajstić information content (AvgIpc) is 2.78. The minimum atomic E-state index is -4.59. The van der Waals surface area contributed by atoms with Crippen molar-refractivity contribution in [3.8, 4) is 0 Å². The van der Waals surface area contributed by atoms with E-state index in [2.05, 4.69) is 5.10 Å². The van der Waals surface area contributed by atoms with E-state index >= 15 is 0 Å². The molecule has 0 fully saturated rings. The molecule has 5 nitrogen and oxygen atoms in total. The third-order valence-electron chi connectivity index (χ3n) is 4.47. The van der Waals surface area contributed by atoms with Crippen molar-refractivity contribution in [1.82, 2.24) is 0 Å². The van der Waals surface area contributed by atoms with Gasteiger partial charge in [-0.25, -0.2) is 4.79 Å². The summed E-state index contributed by atoms with van der Waals surface area (Å²) in [4.78, 5) is 25.1. The van der Waals surface area contributed by atoms with Crippen molar-refractivity contribution in [2.45, 2.75) is 13.1 Å². The Morgan fingerprint density at radius 3 is 2.34 bits per heavy atom. The highest BCUT2D eigenvalue weighted by molar-refractivity contribution is 5.98. The van der Waals surface area contributed by atoms with E-state index in [-0.39, 0.29) is 5.69 Å². The van der Waals surface area contributed by atoms with Gasteiger partial charge in [-0.3, -0.25) is 4.79 Å². The standard InChI is InChI=1S/C24H19F3N2O3/c1-17-8-5-6-13-21(17)23(31)32-16-22(30)29(28-15-18-9-3-2-4-10-18)20-12-7-11-19(14-20)24(25,26)27/h2-15H,16H2,1H3. The summed E-state index contributed by atoms with van der Waals surface area (Å²) in [5.74, 6) is -1.52. The van der Waals surface area contributed by atoms with Crippen molar-refractivity contribution in [2.75, 3.05) is 11.6 Å². The van der Waals surface area contributed by atoms with Crippen molar-refractivity contribution in [3.63, 3.8) is 0 Å². The molecule has 0 aromatic heterocycles. The lowest BCUT2D eigenvalue weighted by Gasteiger charge is -2.19. The Hall–Kier alpha value is -3.94. The van der Waals surface area contributed by atoms with Crippen LogP contribution in [0.3, 0.4) is 0 Å². The molecule has 164 valence electrons. The minimum absolute atomic E-state index is 0.107. The summed E-state index contributed by atoms with van der Waals surface area (Å²) < 4.78 is 44.6. The van der Waals surface area contributed by atoms with Crippen LogP contribution in [-0.4, -0.2) is 24.7 Å². The number of esters is 1. The zero-order chi connectivity index (χ0) is 23.1. The number of rotatable bonds is 6. The summed E-state index contributed by atoms with van der Waals surface area (Å²) in [6.45, 7) is 1.02. The maximum atomic E-state index is 13.2. The van der Waals surface area contributed by atoms with Gasteiger partial charge >= 0.3 is 12.1 Å². The lowest BCUT2D eigenvalue weighted by atomic mass is 10.1. The Morgan fingerprint density at radius 2 is 1.66 bits per heavy atom. The van der Waals surface area contributed by atoms with Gasteiger partial charge in [0.15, 0.2) is 6.61 Å². The number of ether oxygens (including phenoxy) is 1. The maximum absolute atomic E-state index is 13.2. The summed E-state index contributed by atoms with van der Waals surface area (Å²) in [5, 5.41) is 4.84. The molecule has 0 saturated heterocycles. The molecule has 0 aliphatic rings. The molecule has 1 amide bonds. The monoisotopic (exact) mass is 440 g/mol. The van der Waals surface area contributed by atoms with E-state index in [1.165, 1.54) is 18.3 Å². The maximum Gasteiger partial charge on any atom is 0.416 e. The molecule has 0 bridgehead atoms. The predicted molar refractivity (Wildman–Crippen MR) is 114 cm³/mol. The fraction of sp³-hybridized carbons (Fsp3) is 0.125. The van der Waals surface area contributed by atoms with Gasteiger partial charge in [-0.1, -0.05) is 54.6 Å². The van der Waals surface area contributed by atoms with Gasteiger partial charge in [0.25, 0.3) is 5.91 Å². The van der Waals surface area contributed by atoms with Crippen LogP contribution < -0.4 is 5.01 Å². The molecule has 0 aliphatic carbocycles. The van der Waals surface area contributed by atoms with Gasteiger partial charge in [-0.05, 0) is 42.3 Å². The number of hydrogen-bond donors (Lipinski definition) is 0. The number of nitrogens with zero attached hydrogens (tertiary/aromatic N) is 2. The zero-order valence-corrected chi connectivity index (χ0v) is 17.0. The lowest BCUT2D eigenvalue weighted by Crippen LogP contribution is -2.31. The van der Waals surface area contributed by atoms with E-state index in [4.69, 9.17) is 4.74 Å². The Kier molecular flexibility index (Phi) is 7.04. The van der Waals surface area contributed by atoms with Gasteiger partial charge in [0.05, 0.1) is 23.0 Å². The van der Waals surface area contributed by atoms with Crippen molar-refractivity contribution in [2.24, 2.45) is 5.10 Å².